The summed E-state index contributed by atoms with van der Waals surface area (Å²) in [5.74, 6) is -0.743. The molecule has 1 saturated heterocycles. The number of carbonyl (C=O) groups excluding carboxylic acids is 2. The summed E-state index contributed by atoms with van der Waals surface area (Å²) in [4.78, 5) is 53.4. The van der Waals surface area contributed by atoms with Crippen molar-refractivity contribution in [1.29, 1.82) is 0 Å². The van der Waals surface area contributed by atoms with Gasteiger partial charge in [-0.3, -0.25) is 23.5 Å². The van der Waals surface area contributed by atoms with Crippen molar-refractivity contribution in [3.05, 3.63) is 110 Å². The number of rotatable bonds is 9. The Hall–Kier alpha value is -4.50. The maximum absolute atomic E-state index is 13.7. The summed E-state index contributed by atoms with van der Waals surface area (Å²) in [5.41, 5.74) is 3.07. The van der Waals surface area contributed by atoms with E-state index in [2.05, 4.69) is 10.6 Å². The van der Waals surface area contributed by atoms with E-state index in [1.807, 2.05) is 62.4 Å². The topological polar surface area (TPSA) is 111 Å². The maximum atomic E-state index is 13.7. The Kier molecular flexibility index (Phi) is 8.45. The van der Waals surface area contributed by atoms with E-state index in [1.54, 1.807) is 12.1 Å². The van der Waals surface area contributed by atoms with E-state index in [1.165, 1.54) is 10.6 Å². The number of amides is 2. The van der Waals surface area contributed by atoms with Crippen LogP contribution in [-0.2, 0) is 29.0 Å². The summed E-state index contributed by atoms with van der Waals surface area (Å²) in [5, 5.41) is 6.04. The SMILES string of the molecule is Cc1ccc(C)c(NC(=O)Cn2c(=O)n(C[C@@H]3CCCO3)c(=O)c3ccc(C(=O)NCCc4ccccc4)cc32)c1. The Morgan fingerprint density at radius 1 is 0.976 bits per heavy atom. The lowest BCUT2D eigenvalue weighted by molar-refractivity contribution is -0.116. The highest BCUT2D eigenvalue weighted by atomic mass is 16.5. The predicted octanol–water partition coefficient (Wildman–Crippen LogP) is 3.57. The number of hydrogen-bond donors (Lipinski definition) is 2. The van der Waals surface area contributed by atoms with Crippen LogP contribution in [0, 0.1) is 13.8 Å². The van der Waals surface area contributed by atoms with Crippen LogP contribution < -0.4 is 21.9 Å². The largest absolute Gasteiger partial charge is 0.376 e. The van der Waals surface area contributed by atoms with E-state index in [0.29, 0.717) is 30.8 Å². The van der Waals surface area contributed by atoms with Crippen molar-refractivity contribution >= 4 is 28.4 Å². The Labute approximate surface area is 237 Å². The number of nitrogens with one attached hydrogen (secondary N) is 2. The van der Waals surface area contributed by atoms with Crippen LogP contribution in [0.1, 0.15) is 39.9 Å². The van der Waals surface area contributed by atoms with Crippen LogP contribution in [0.5, 0.6) is 0 Å². The highest BCUT2D eigenvalue weighted by molar-refractivity contribution is 5.98. The molecule has 0 bridgehead atoms. The van der Waals surface area contributed by atoms with Gasteiger partial charge < -0.3 is 15.4 Å². The molecular weight excluding hydrogens is 520 g/mol. The Balaban J connectivity index is 1.47. The van der Waals surface area contributed by atoms with Gasteiger partial charge in [-0.05, 0) is 74.1 Å². The van der Waals surface area contributed by atoms with Gasteiger partial charge in [0.15, 0.2) is 0 Å². The fourth-order valence-corrected chi connectivity index (χ4v) is 5.13. The van der Waals surface area contributed by atoms with Gasteiger partial charge in [0.25, 0.3) is 11.5 Å². The molecule has 1 aromatic heterocycles. The number of ether oxygens (including phenoxy) is 1. The summed E-state index contributed by atoms with van der Waals surface area (Å²) >= 11 is 0. The minimum atomic E-state index is -0.615. The monoisotopic (exact) mass is 554 g/mol. The molecule has 0 aliphatic carbocycles. The second-order valence-electron chi connectivity index (χ2n) is 10.5. The van der Waals surface area contributed by atoms with Crippen molar-refractivity contribution in [1.82, 2.24) is 14.5 Å². The normalized spacial score (nSPS) is 14.7. The average molecular weight is 555 g/mol. The highest BCUT2D eigenvalue weighted by Crippen LogP contribution is 2.18. The Morgan fingerprint density at radius 3 is 2.54 bits per heavy atom. The van der Waals surface area contributed by atoms with E-state index in [0.717, 1.165) is 34.1 Å². The third-order valence-corrected chi connectivity index (χ3v) is 7.41. The molecule has 5 rings (SSSR count). The summed E-state index contributed by atoms with van der Waals surface area (Å²) in [6, 6.07) is 20.2. The molecule has 212 valence electrons. The number of anilines is 1. The van der Waals surface area contributed by atoms with E-state index < -0.39 is 17.2 Å². The van der Waals surface area contributed by atoms with Gasteiger partial charge in [0.2, 0.25) is 5.91 Å². The van der Waals surface area contributed by atoms with Gasteiger partial charge >= 0.3 is 5.69 Å². The van der Waals surface area contributed by atoms with Gasteiger partial charge in [0.1, 0.15) is 6.54 Å². The van der Waals surface area contributed by atoms with Crippen molar-refractivity contribution < 1.29 is 14.3 Å². The molecule has 0 spiro atoms. The minimum absolute atomic E-state index is 0.105. The molecule has 1 aliphatic heterocycles. The summed E-state index contributed by atoms with van der Waals surface area (Å²) in [6.07, 6.45) is 2.03. The molecule has 41 heavy (non-hydrogen) atoms. The Bertz CT molecular complexity index is 1700. The van der Waals surface area contributed by atoms with E-state index in [-0.39, 0.29) is 36.0 Å². The van der Waals surface area contributed by atoms with Gasteiger partial charge in [-0.25, -0.2) is 4.79 Å². The summed E-state index contributed by atoms with van der Waals surface area (Å²) in [6.45, 7) is 4.61. The van der Waals surface area contributed by atoms with Crippen molar-refractivity contribution in [2.45, 2.75) is 52.3 Å². The third-order valence-electron chi connectivity index (χ3n) is 7.41. The molecular formula is C32H34N4O5. The molecule has 2 amide bonds. The van der Waals surface area contributed by atoms with Crippen LogP contribution in [0.3, 0.4) is 0 Å². The molecule has 0 unspecified atom stereocenters. The van der Waals surface area contributed by atoms with Crippen LogP contribution in [0.2, 0.25) is 0 Å². The highest BCUT2D eigenvalue weighted by Gasteiger charge is 2.22. The first-order chi connectivity index (χ1) is 19.8. The quantitative estimate of drug-likeness (QED) is 0.329. The van der Waals surface area contributed by atoms with E-state index in [4.69, 9.17) is 4.74 Å². The molecule has 1 fully saturated rings. The van der Waals surface area contributed by atoms with Crippen LogP contribution >= 0.6 is 0 Å². The first kappa shape index (κ1) is 28.0. The van der Waals surface area contributed by atoms with Gasteiger partial charge in [-0.1, -0.05) is 42.5 Å². The summed E-state index contributed by atoms with van der Waals surface area (Å²) in [7, 11) is 0. The molecule has 2 N–H and O–H groups in total. The second kappa shape index (κ2) is 12.3. The molecule has 2 heterocycles. The molecule has 4 aromatic rings. The molecule has 1 atom stereocenters. The number of benzene rings is 3. The lowest BCUT2D eigenvalue weighted by atomic mass is 10.1. The van der Waals surface area contributed by atoms with E-state index in [9.17, 15) is 19.2 Å². The van der Waals surface area contributed by atoms with Gasteiger partial charge in [-0.15, -0.1) is 0 Å². The number of aromatic nitrogens is 2. The standard InChI is InChI=1S/C32H34N4O5/c1-21-10-11-22(2)27(17-21)34-29(37)20-35-28-18-24(30(38)33-15-14-23-7-4-3-5-8-23)12-13-26(28)31(39)36(32(35)40)19-25-9-6-16-41-25/h3-5,7-8,10-13,17-18,25H,6,9,14-16,19-20H2,1-2H3,(H,33,38)(H,34,37)/t25-/m0/s1. The van der Waals surface area contributed by atoms with Crippen LogP contribution in [0.15, 0.2) is 76.3 Å². The first-order valence-electron chi connectivity index (χ1n) is 13.9. The molecule has 9 heteroatoms. The third kappa shape index (κ3) is 6.47. The number of hydrogen-bond acceptors (Lipinski definition) is 5. The van der Waals surface area contributed by atoms with E-state index >= 15 is 0 Å². The summed E-state index contributed by atoms with van der Waals surface area (Å²) < 4.78 is 8.10. The van der Waals surface area contributed by atoms with Crippen molar-refractivity contribution in [2.24, 2.45) is 0 Å². The number of carbonyl (C=O) groups is 2. The molecule has 9 nitrogen and oxygen atoms in total. The van der Waals surface area contributed by atoms with Crippen LogP contribution in [0.25, 0.3) is 10.9 Å². The number of nitrogens with zero attached hydrogens (tertiary/aromatic N) is 2. The lowest BCUT2D eigenvalue weighted by Crippen LogP contribution is -2.43. The lowest BCUT2D eigenvalue weighted by Gasteiger charge is -2.17. The molecule has 0 radical (unpaired) electrons. The van der Waals surface area contributed by atoms with Gasteiger partial charge in [-0.2, -0.15) is 0 Å². The van der Waals surface area contributed by atoms with Crippen LogP contribution in [0.4, 0.5) is 5.69 Å². The molecule has 1 aliphatic rings. The first-order valence-corrected chi connectivity index (χ1v) is 13.9. The second-order valence-corrected chi connectivity index (χ2v) is 10.5. The predicted molar refractivity (Wildman–Crippen MR) is 158 cm³/mol. The van der Waals surface area contributed by atoms with Gasteiger partial charge in [0.05, 0.1) is 23.6 Å². The fourth-order valence-electron chi connectivity index (χ4n) is 5.13. The zero-order chi connectivity index (χ0) is 28.9. The maximum Gasteiger partial charge on any atom is 0.332 e. The zero-order valence-corrected chi connectivity index (χ0v) is 23.3. The van der Waals surface area contributed by atoms with Gasteiger partial charge in [0, 0.05) is 24.4 Å². The van der Waals surface area contributed by atoms with Crippen LogP contribution in [-0.4, -0.2) is 40.2 Å². The molecule has 0 saturated carbocycles. The smallest absolute Gasteiger partial charge is 0.332 e. The molecule has 3 aromatic carbocycles. The zero-order valence-electron chi connectivity index (χ0n) is 23.3. The van der Waals surface area contributed by atoms with Crippen molar-refractivity contribution in [3.63, 3.8) is 0 Å². The van der Waals surface area contributed by atoms with Crippen molar-refractivity contribution in [3.8, 4) is 0 Å². The van der Waals surface area contributed by atoms with Crippen molar-refractivity contribution in [2.75, 3.05) is 18.5 Å². The fraction of sp³-hybridized carbons (Fsp3) is 0.312. The Morgan fingerprint density at radius 2 is 1.78 bits per heavy atom. The number of fused-ring (bicyclic) bond motifs is 1. The average Bonchev–Trinajstić information content (AvgIpc) is 3.49. The number of aryl methyl sites for hydroxylation is 2. The minimum Gasteiger partial charge on any atom is -0.376 e.